The number of esters is 1. The average molecular weight is 262 g/mol. The van der Waals surface area contributed by atoms with Gasteiger partial charge in [0, 0.05) is 11.9 Å². The molecule has 0 saturated heterocycles. The van der Waals surface area contributed by atoms with E-state index in [9.17, 15) is 4.79 Å². The topological polar surface area (TPSA) is 47.0 Å². The van der Waals surface area contributed by atoms with Crippen molar-refractivity contribution in [2.45, 2.75) is 13.0 Å². The second-order valence-electron chi connectivity index (χ2n) is 3.94. The van der Waals surface area contributed by atoms with Crippen LogP contribution in [0.25, 0.3) is 0 Å². The van der Waals surface area contributed by atoms with Crippen LogP contribution in [0.5, 0.6) is 0 Å². The lowest BCUT2D eigenvalue weighted by Crippen LogP contribution is -2.23. The lowest BCUT2D eigenvalue weighted by molar-refractivity contribution is -0.143. The maximum atomic E-state index is 12.0. The summed E-state index contributed by atoms with van der Waals surface area (Å²) in [5.41, 5.74) is 1.74. The summed E-state index contributed by atoms with van der Waals surface area (Å²) in [4.78, 5) is 14.9. The average Bonchev–Trinajstić information content (AvgIpc) is 2.72. The number of nitrogens with zero attached hydrogens (tertiary/aromatic N) is 1. The summed E-state index contributed by atoms with van der Waals surface area (Å²) in [5, 5.41) is 0. The van der Waals surface area contributed by atoms with Crippen LogP contribution in [0.2, 0.25) is 0 Å². The molecular formula is C13H14N2O2S. The Bertz CT molecular complexity index is 601. The zero-order chi connectivity index (χ0) is 13.1. The van der Waals surface area contributed by atoms with Crippen LogP contribution in [0.3, 0.4) is 0 Å². The molecule has 2 aromatic rings. The van der Waals surface area contributed by atoms with Gasteiger partial charge in [-0.05, 0) is 24.7 Å². The van der Waals surface area contributed by atoms with Gasteiger partial charge in [0.1, 0.15) is 0 Å². The third-order valence-corrected chi connectivity index (χ3v) is 3.12. The molecule has 0 amide bonds. The Labute approximate surface area is 110 Å². The standard InChI is InChI=1S/C13H14N2O2S/c1-9-8-14-13(18)15(9)11(12(16)17-2)10-6-4-3-5-7-10/h3-8,11H,1-2H3,(H,14,18). The molecule has 0 bridgehead atoms. The number of hydrogen-bond donors (Lipinski definition) is 1. The second-order valence-corrected chi connectivity index (χ2v) is 4.33. The number of carbonyl (C=O) groups excluding carboxylic acids is 1. The molecule has 5 heteroatoms. The lowest BCUT2D eigenvalue weighted by Gasteiger charge is -2.18. The van der Waals surface area contributed by atoms with E-state index in [0.29, 0.717) is 4.77 Å². The van der Waals surface area contributed by atoms with E-state index in [0.717, 1.165) is 11.3 Å². The molecule has 0 aliphatic heterocycles. The molecule has 0 fully saturated rings. The van der Waals surface area contributed by atoms with Crippen molar-refractivity contribution < 1.29 is 9.53 Å². The minimum absolute atomic E-state index is 0.333. The SMILES string of the molecule is COC(=O)C(c1ccccc1)n1c(C)c[nH]c1=S. The number of nitrogens with one attached hydrogen (secondary N) is 1. The van der Waals surface area contributed by atoms with E-state index in [1.807, 2.05) is 37.3 Å². The number of rotatable bonds is 3. The Morgan fingerprint density at radius 2 is 2.06 bits per heavy atom. The highest BCUT2D eigenvalue weighted by molar-refractivity contribution is 7.71. The number of methoxy groups -OCH3 is 1. The van der Waals surface area contributed by atoms with Crippen LogP contribution in [0.1, 0.15) is 17.3 Å². The number of H-pyrrole nitrogens is 1. The van der Waals surface area contributed by atoms with Crippen molar-refractivity contribution in [1.82, 2.24) is 9.55 Å². The fraction of sp³-hybridized carbons (Fsp3) is 0.231. The normalized spacial score (nSPS) is 12.1. The number of carbonyl (C=O) groups is 1. The number of ether oxygens (including phenoxy) is 1. The molecule has 1 heterocycles. The van der Waals surface area contributed by atoms with Gasteiger partial charge < -0.3 is 14.3 Å². The molecule has 1 aromatic heterocycles. The third kappa shape index (κ3) is 2.22. The monoisotopic (exact) mass is 262 g/mol. The van der Waals surface area contributed by atoms with Gasteiger partial charge in [-0.25, -0.2) is 4.79 Å². The van der Waals surface area contributed by atoms with Crippen molar-refractivity contribution in [1.29, 1.82) is 0 Å². The van der Waals surface area contributed by atoms with E-state index in [4.69, 9.17) is 17.0 Å². The zero-order valence-electron chi connectivity index (χ0n) is 10.2. The van der Waals surface area contributed by atoms with Crippen LogP contribution >= 0.6 is 12.2 Å². The molecule has 0 aliphatic carbocycles. The summed E-state index contributed by atoms with van der Waals surface area (Å²) < 4.78 is 7.15. The Hall–Kier alpha value is -1.88. The van der Waals surface area contributed by atoms with E-state index >= 15 is 0 Å². The van der Waals surface area contributed by atoms with Gasteiger partial charge in [0.05, 0.1) is 7.11 Å². The Morgan fingerprint density at radius 3 is 2.56 bits per heavy atom. The quantitative estimate of drug-likeness (QED) is 0.683. The van der Waals surface area contributed by atoms with Crippen molar-refractivity contribution in [3.8, 4) is 0 Å². The first kappa shape index (κ1) is 12.6. The highest BCUT2D eigenvalue weighted by Crippen LogP contribution is 2.22. The molecular weight excluding hydrogens is 248 g/mol. The number of aromatic amines is 1. The molecule has 18 heavy (non-hydrogen) atoms. The fourth-order valence-electron chi connectivity index (χ4n) is 1.92. The highest BCUT2D eigenvalue weighted by Gasteiger charge is 2.25. The Balaban J connectivity index is 2.58. The summed E-state index contributed by atoms with van der Waals surface area (Å²) in [6.45, 7) is 1.89. The smallest absolute Gasteiger partial charge is 0.333 e. The first-order valence-corrected chi connectivity index (χ1v) is 5.95. The number of benzene rings is 1. The number of hydrogen-bond acceptors (Lipinski definition) is 3. The first-order valence-electron chi connectivity index (χ1n) is 5.54. The van der Waals surface area contributed by atoms with E-state index in [2.05, 4.69) is 4.98 Å². The molecule has 1 unspecified atom stereocenters. The van der Waals surface area contributed by atoms with Crippen molar-refractivity contribution in [3.05, 3.63) is 52.6 Å². The Morgan fingerprint density at radius 1 is 1.39 bits per heavy atom. The molecule has 0 saturated carbocycles. The molecule has 0 spiro atoms. The van der Waals surface area contributed by atoms with Gasteiger partial charge in [0.2, 0.25) is 0 Å². The Kier molecular flexibility index (Phi) is 3.62. The molecule has 0 aliphatic rings. The van der Waals surface area contributed by atoms with Crippen LogP contribution in [-0.4, -0.2) is 22.6 Å². The van der Waals surface area contributed by atoms with Crippen LogP contribution in [0.4, 0.5) is 0 Å². The second kappa shape index (κ2) is 5.18. The summed E-state index contributed by atoms with van der Waals surface area (Å²) in [7, 11) is 1.38. The van der Waals surface area contributed by atoms with E-state index < -0.39 is 6.04 Å². The molecule has 1 atom stereocenters. The summed E-state index contributed by atoms with van der Waals surface area (Å²) in [6.07, 6.45) is 1.78. The van der Waals surface area contributed by atoms with Crippen LogP contribution in [0, 0.1) is 11.7 Å². The van der Waals surface area contributed by atoms with Crippen molar-refractivity contribution >= 4 is 18.2 Å². The van der Waals surface area contributed by atoms with E-state index in [1.54, 1.807) is 10.8 Å². The van der Waals surface area contributed by atoms with Gasteiger partial charge in [-0.3, -0.25) is 0 Å². The fourth-order valence-corrected chi connectivity index (χ4v) is 2.23. The zero-order valence-corrected chi connectivity index (χ0v) is 11.0. The van der Waals surface area contributed by atoms with Crippen LogP contribution in [-0.2, 0) is 9.53 Å². The minimum Gasteiger partial charge on any atom is -0.467 e. The number of imidazole rings is 1. The first-order chi connectivity index (χ1) is 8.65. The third-order valence-electron chi connectivity index (χ3n) is 2.80. The molecule has 1 N–H and O–H groups in total. The van der Waals surface area contributed by atoms with Gasteiger partial charge in [-0.1, -0.05) is 30.3 Å². The minimum atomic E-state index is -0.546. The molecule has 0 radical (unpaired) electrons. The van der Waals surface area contributed by atoms with Crippen molar-refractivity contribution in [2.24, 2.45) is 0 Å². The lowest BCUT2D eigenvalue weighted by atomic mass is 10.1. The summed E-state index contributed by atoms with van der Waals surface area (Å²) in [5.74, 6) is -0.333. The summed E-state index contributed by atoms with van der Waals surface area (Å²) >= 11 is 5.22. The molecule has 4 nitrogen and oxygen atoms in total. The van der Waals surface area contributed by atoms with Crippen molar-refractivity contribution in [2.75, 3.05) is 7.11 Å². The number of aryl methyl sites for hydroxylation is 1. The van der Waals surface area contributed by atoms with Gasteiger partial charge in [-0.2, -0.15) is 0 Å². The van der Waals surface area contributed by atoms with E-state index in [-0.39, 0.29) is 5.97 Å². The van der Waals surface area contributed by atoms with Crippen molar-refractivity contribution in [3.63, 3.8) is 0 Å². The molecule has 1 aromatic carbocycles. The predicted octanol–water partition coefficient (Wildman–Crippen LogP) is 2.62. The predicted molar refractivity (Wildman–Crippen MR) is 71.0 cm³/mol. The summed E-state index contributed by atoms with van der Waals surface area (Å²) in [6, 6.07) is 8.90. The maximum absolute atomic E-state index is 12.0. The van der Waals surface area contributed by atoms with Gasteiger partial charge in [-0.15, -0.1) is 0 Å². The van der Waals surface area contributed by atoms with Gasteiger partial charge >= 0.3 is 5.97 Å². The molecule has 2 rings (SSSR count). The highest BCUT2D eigenvalue weighted by atomic mass is 32.1. The number of aromatic nitrogens is 2. The largest absolute Gasteiger partial charge is 0.467 e. The van der Waals surface area contributed by atoms with Gasteiger partial charge in [0.25, 0.3) is 0 Å². The van der Waals surface area contributed by atoms with Crippen LogP contribution < -0.4 is 0 Å². The van der Waals surface area contributed by atoms with Crippen LogP contribution in [0.15, 0.2) is 36.5 Å². The molecule has 94 valence electrons. The maximum Gasteiger partial charge on any atom is 0.333 e. The van der Waals surface area contributed by atoms with Gasteiger partial charge in [0.15, 0.2) is 10.8 Å². The van der Waals surface area contributed by atoms with E-state index in [1.165, 1.54) is 7.11 Å².